The van der Waals surface area contributed by atoms with Gasteiger partial charge in [0, 0.05) is 42.3 Å². The van der Waals surface area contributed by atoms with Crippen molar-refractivity contribution < 1.29 is 0 Å². The normalized spacial score (nSPS) is 23.1. The van der Waals surface area contributed by atoms with Crippen LogP contribution in [0.2, 0.25) is 0 Å². The van der Waals surface area contributed by atoms with Crippen LogP contribution in [0, 0.1) is 12.8 Å². The summed E-state index contributed by atoms with van der Waals surface area (Å²) in [5, 5.41) is 3.51. The second-order valence-electron chi connectivity index (χ2n) is 6.32. The molecule has 2 heterocycles. The van der Waals surface area contributed by atoms with E-state index in [0.29, 0.717) is 6.04 Å². The third-order valence-corrected chi connectivity index (χ3v) is 4.27. The number of nitrogens with zero attached hydrogens (tertiary/aromatic N) is 2. The smallest absolute Gasteiger partial charge is 0.0448 e. The van der Waals surface area contributed by atoms with E-state index >= 15 is 0 Å². The van der Waals surface area contributed by atoms with Crippen molar-refractivity contribution in [2.45, 2.75) is 59.5 Å². The maximum atomic E-state index is 4.49. The van der Waals surface area contributed by atoms with Crippen molar-refractivity contribution >= 4 is 5.69 Å². The van der Waals surface area contributed by atoms with Crippen LogP contribution in [-0.2, 0) is 6.54 Å². The summed E-state index contributed by atoms with van der Waals surface area (Å²) >= 11 is 0. The minimum atomic E-state index is 0.637. The summed E-state index contributed by atoms with van der Waals surface area (Å²) < 4.78 is 0. The molecule has 1 aliphatic heterocycles. The zero-order chi connectivity index (χ0) is 14.5. The van der Waals surface area contributed by atoms with Crippen LogP contribution in [0.5, 0.6) is 0 Å². The minimum absolute atomic E-state index is 0.637. The highest BCUT2D eigenvalue weighted by Crippen LogP contribution is 2.30. The fourth-order valence-corrected chi connectivity index (χ4v) is 3.00. The molecule has 2 rings (SSSR count). The third kappa shape index (κ3) is 3.72. The Morgan fingerprint density at radius 3 is 2.90 bits per heavy atom. The lowest BCUT2D eigenvalue weighted by Crippen LogP contribution is -2.41. The molecule has 0 saturated carbocycles. The van der Waals surface area contributed by atoms with Crippen LogP contribution in [0.4, 0.5) is 5.69 Å². The van der Waals surface area contributed by atoms with E-state index in [1.54, 1.807) is 0 Å². The molecular formula is C17H29N3. The summed E-state index contributed by atoms with van der Waals surface area (Å²) in [4.78, 5) is 7.08. The molecule has 0 spiro atoms. The van der Waals surface area contributed by atoms with E-state index in [2.05, 4.69) is 55.2 Å². The van der Waals surface area contributed by atoms with E-state index < -0.39 is 0 Å². The number of aromatic nitrogens is 1. The SMILES string of the molecule is CCCNCc1cnc(C)cc1N1CC(C)CCC1C. The van der Waals surface area contributed by atoms with Gasteiger partial charge in [0.2, 0.25) is 0 Å². The van der Waals surface area contributed by atoms with Crippen LogP contribution in [0.25, 0.3) is 0 Å². The summed E-state index contributed by atoms with van der Waals surface area (Å²) in [6, 6.07) is 2.90. The summed E-state index contributed by atoms with van der Waals surface area (Å²) in [7, 11) is 0. The Hall–Kier alpha value is -1.09. The molecule has 3 heteroatoms. The fourth-order valence-electron chi connectivity index (χ4n) is 3.00. The molecule has 1 N–H and O–H groups in total. The first-order valence-electron chi connectivity index (χ1n) is 8.04. The number of rotatable bonds is 5. The number of nitrogens with one attached hydrogen (secondary N) is 1. The van der Waals surface area contributed by atoms with Crippen LogP contribution in [-0.4, -0.2) is 24.1 Å². The lowest BCUT2D eigenvalue weighted by Gasteiger charge is -2.39. The molecule has 1 aliphatic rings. The van der Waals surface area contributed by atoms with Gasteiger partial charge in [0.25, 0.3) is 0 Å². The Labute approximate surface area is 123 Å². The number of aryl methyl sites for hydroxylation is 1. The molecule has 0 amide bonds. The van der Waals surface area contributed by atoms with Crippen LogP contribution in [0.3, 0.4) is 0 Å². The number of piperidine rings is 1. The molecular weight excluding hydrogens is 246 g/mol. The standard InChI is InChI=1S/C17H29N3/c1-5-8-18-10-16-11-19-14(3)9-17(16)20-12-13(2)6-7-15(20)4/h9,11,13,15,18H,5-8,10,12H2,1-4H3. The van der Waals surface area contributed by atoms with E-state index in [9.17, 15) is 0 Å². The average Bonchev–Trinajstić information content (AvgIpc) is 2.43. The quantitative estimate of drug-likeness (QED) is 0.833. The lowest BCUT2D eigenvalue weighted by atomic mass is 9.94. The number of hydrogen-bond donors (Lipinski definition) is 1. The number of anilines is 1. The fraction of sp³-hybridized carbons (Fsp3) is 0.706. The maximum absolute atomic E-state index is 4.49. The minimum Gasteiger partial charge on any atom is -0.368 e. The van der Waals surface area contributed by atoms with E-state index in [4.69, 9.17) is 0 Å². The highest BCUT2D eigenvalue weighted by Gasteiger charge is 2.24. The van der Waals surface area contributed by atoms with E-state index in [1.165, 1.54) is 37.1 Å². The lowest BCUT2D eigenvalue weighted by molar-refractivity contribution is 0.389. The highest BCUT2D eigenvalue weighted by molar-refractivity contribution is 5.54. The first-order chi connectivity index (χ1) is 9.61. The first-order valence-corrected chi connectivity index (χ1v) is 8.04. The van der Waals surface area contributed by atoms with Gasteiger partial charge in [0.15, 0.2) is 0 Å². The van der Waals surface area contributed by atoms with Crippen molar-refractivity contribution in [3.05, 3.63) is 23.5 Å². The largest absolute Gasteiger partial charge is 0.368 e. The van der Waals surface area contributed by atoms with Gasteiger partial charge < -0.3 is 10.2 Å². The second-order valence-corrected chi connectivity index (χ2v) is 6.32. The Morgan fingerprint density at radius 1 is 1.35 bits per heavy atom. The molecule has 112 valence electrons. The molecule has 2 atom stereocenters. The zero-order valence-electron chi connectivity index (χ0n) is 13.4. The van der Waals surface area contributed by atoms with Crippen molar-refractivity contribution in [1.29, 1.82) is 0 Å². The van der Waals surface area contributed by atoms with Crippen molar-refractivity contribution in [3.63, 3.8) is 0 Å². The predicted molar refractivity (Wildman–Crippen MR) is 86.2 cm³/mol. The molecule has 1 aromatic rings. The van der Waals surface area contributed by atoms with Gasteiger partial charge in [-0.15, -0.1) is 0 Å². The molecule has 20 heavy (non-hydrogen) atoms. The van der Waals surface area contributed by atoms with E-state index in [-0.39, 0.29) is 0 Å². The molecule has 0 aromatic carbocycles. The maximum Gasteiger partial charge on any atom is 0.0448 e. The van der Waals surface area contributed by atoms with Gasteiger partial charge in [-0.05, 0) is 51.6 Å². The van der Waals surface area contributed by atoms with Crippen LogP contribution < -0.4 is 10.2 Å². The molecule has 0 bridgehead atoms. The van der Waals surface area contributed by atoms with Crippen molar-refractivity contribution in [2.24, 2.45) is 5.92 Å². The Bertz CT molecular complexity index is 430. The van der Waals surface area contributed by atoms with Crippen LogP contribution in [0.15, 0.2) is 12.3 Å². The molecule has 0 aliphatic carbocycles. The van der Waals surface area contributed by atoms with Crippen LogP contribution in [0.1, 0.15) is 51.3 Å². The zero-order valence-corrected chi connectivity index (χ0v) is 13.4. The molecule has 0 radical (unpaired) electrons. The molecule has 1 aromatic heterocycles. The van der Waals surface area contributed by atoms with Crippen molar-refractivity contribution in [1.82, 2.24) is 10.3 Å². The Balaban J connectivity index is 2.21. The van der Waals surface area contributed by atoms with Crippen LogP contribution >= 0.6 is 0 Å². The Morgan fingerprint density at radius 2 is 2.15 bits per heavy atom. The Kier molecular flexibility index (Phi) is 5.41. The highest BCUT2D eigenvalue weighted by atomic mass is 15.2. The van der Waals surface area contributed by atoms with Gasteiger partial charge in [0.05, 0.1) is 0 Å². The third-order valence-electron chi connectivity index (χ3n) is 4.27. The van der Waals surface area contributed by atoms with Gasteiger partial charge in [-0.2, -0.15) is 0 Å². The number of pyridine rings is 1. The van der Waals surface area contributed by atoms with E-state index in [0.717, 1.165) is 24.7 Å². The summed E-state index contributed by atoms with van der Waals surface area (Å²) in [6.07, 6.45) is 5.88. The molecule has 1 saturated heterocycles. The van der Waals surface area contributed by atoms with Gasteiger partial charge in [-0.3, -0.25) is 4.98 Å². The summed E-state index contributed by atoms with van der Waals surface area (Å²) in [5.41, 5.74) is 3.84. The topological polar surface area (TPSA) is 28.2 Å². The van der Waals surface area contributed by atoms with Gasteiger partial charge in [-0.1, -0.05) is 13.8 Å². The van der Waals surface area contributed by atoms with E-state index in [1.807, 2.05) is 0 Å². The molecule has 1 fully saturated rings. The number of hydrogen-bond acceptors (Lipinski definition) is 3. The van der Waals surface area contributed by atoms with Gasteiger partial charge in [-0.25, -0.2) is 0 Å². The van der Waals surface area contributed by atoms with Gasteiger partial charge >= 0.3 is 0 Å². The summed E-state index contributed by atoms with van der Waals surface area (Å²) in [6.45, 7) is 12.2. The van der Waals surface area contributed by atoms with Crippen molar-refractivity contribution in [3.8, 4) is 0 Å². The van der Waals surface area contributed by atoms with Crippen molar-refractivity contribution in [2.75, 3.05) is 18.0 Å². The summed E-state index contributed by atoms with van der Waals surface area (Å²) in [5.74, 6) is 0.788. The first kappa shape index (κ1) is 15.3. The molecule has 3 nitrogen and oxygen atoms in total. The monoisotopic (exact) mass is 275 g/mol. The average molecular weight is 275 g/mol. The predicted octanol–water partition coefficient (Wildman–Crippen LogP) is 3.51. The second kappa shape index (κ2) is 7.07. The van der Waals surface area contributed by atoms with Gasteiger partial charge in [0.1, 0.15) is 0 Å². The molecule has 2 unspecified atom stereocenters.